The van der Waals surface area contributed by atoms with Crippen LogP contribution in [0, 0.1) is 12.3 Å². The normalized spacial score (nSPS) is 14.8. The average Bonchev–Trinajstić information content (AvgIpc) is 2.18. The predicted molar refractivity (Wildman–Crippen MR) is 52.9 cm³/mol. The van der Waals surface area contributed by atoms with Gasteiger partial charge in [0.2, 0.25) is 0 Å². The molecule has 1 aromatic carbocycles. The SMILES string of the molecule is C#CC(C)(CC)c1ccccc1. The molecule has 0 spiro atoms. The molecule has 0 amide bonds. The average molecular weight is 158 g/mol. The summed E-state index contributed by atoms with van der Waals surface area (Å²) in [5.74, 6) is 2.84. The highest BCUT2D eigenvalue weighted by Crippen LogP contribution is 2.25. The molecule has 12 heavy (non-hydrogen) atoms. The molecule has 1 rings (SSSR count). The van der Waals surface area contributed by atoms with Crippen molar-refractivity contribution >= 4 is 0 Å². The van der Waals surface area contributed by atoms with Crippen molar-refractivity contribution in [3.8, 4) is 12.3 Å². The standard InChI is InChI=1S/C12H14/c1-4-12(3,5-2)11-9-7-6-8-10-11/h1,6-10H,5H2,2-3H3. The van der Waals surface area contributed by atoms with Crippen LogP contribution in [-0.4, -0.2) is 0 Å². The Morgan fingerprint density at radius 3 is 2.33 bits per heavy atom. The lowest BCUT2D eigenvalue weighted by atomic mass is 9.81. The highest BCUT2D eigenvalue weighted by molar-refractivity contribution is 5.32. The fourth-order valence-corrected chi connectivity index (χ4v) is 1.20. The van der Waals surface area contributed by atoms with Gasteiger partial charge in [0.05, 0.1) is 5.41 Å². The summed E-state index contributed by atoms with van der Waals surface area (Å²) >= 11 is 0. The largest absolute Gasteiger partial charge is 0.119 e. The zero-order valence-corrected chi connectivity index (χ0v) is 7.67. The van der Waals surface area contributed by atoms with Crippen LogP contribution in [0.25, 0.3) is 0 Å². The third-order valence-electron chi connectivity index (χ3n) is 2.44. The van der Waals surface area contributed by atoms with E-state index in [1.54, 1.807) is 0 Å². The van der Waals surface area contributed by atoms with E-state index in [-0.39, 0.29) is 5.41 Å². The van der Waals surface area contributed by atoms with Crippen molar-refractivity contribution in [3.63, 3.8) is 0 Å². The van der Waals surface area contributed by atoms with Gasteiger partial charge >= 0.3 is 0 Å². The van der Waals surface area contributed by atoms with Crippen molar-refractivity contribution in [1.82, 2.24) is 0 Å². The molecule has 0 aromatic heterocycles. The van der Waals surface area contributed by atoms with E-state index in [0.29, 0.717) is 0 Å². The van der Waals surface area contributed by atoms with Crippen LogP contribution in [0.4, 0.5) is 0 Å². The Kier molecular flexibility index (Phi) is 2.55. The Morgan fingerprint density at radius 2 is 1.92 bits per heavy atom. The molecular weight excluding hydrogens is 144 g/mol. The molecule has 0 saturated carbocycles. The molecule has 0 radical (unpaired) electrons. The first-order chi connectivity index (χ1) is 5.73. The van der Waals surface area contributed by atoms with E-state index in [2.05, 4.69) is 31.9 Å². The van der Waals surface area contributed by atoms with Gasteiger partial charge in [-0.3, -0.25) is 0 Å². The summed E-state index contributed by atoms with van der Waals surface area (Å²) in [5, 5.41) is 0. The van der Waals surface area contributed by atoms with Crippen LogP contribution in [0.5, 0.6) is 0 Å². The minimum absolute atomic E-state index is 0.0960. The van der Waals surface area contributed by atoms with Gasteiger partial charge < -0.3 is 0 Å². The maximum atomic E-state index is 5.50. The van der Waals surface area contributed by atoms with Gasteiger partial charge in [-0.05, 0) is 18.9 Å². The zero-order valence-electron chi connectivity index (χ0n) is 7.67. The van der Waals surface area contributed by atoms with Crippen LogP contribution in [-0.2, 0) is 5.41 Å². The summed E-state index contributed by atoms with van der Waals surface area (Å²) in [4.78, 5) is 0. The quantitative estimate of drug-likeness (QED) is 0.580. The first-order valence-electron chi connectivity index (χ1n) is 4.26. The fraction of sp³-hybridized carbons (Fsp3) is 0.333. The molecule has 0 aliphatic rings. The van der Waals surface area contributed by atoms with Gasteiger partial charge in [0.15, 0.2) is 0 Å². The summed E-state index contributed by atoms with van der Waals surface area (Å²) in [6, 6.07) is 10.2. The Bertz CT molecular complexity index is 279. The molecule has 0 saturated heterocycles. The fourth-order valence-electron chi connectivity index (χ4n) is 1.20. The van der Waals surface area contributed by atoms with Crippen LogP contribution < -0.4 is 0 Å². The Morgan fingerprint density at radius 1 is 1.33 bits per heavy atom. The molecular formula is C12H14. The van der Waals surface area contributed by atoms with Gasteiger partial charge in [-0.2, -0.15) is 0 Å². The lowest BCUT2D eigenvalue weighted by molar-refractivity contribution is 0.596. The maximum absolute atomic E-state index is 5.50. The van der Waals surface area contributed by atoms with Crippen LogP contribution in [0.1, 0.15) is 25.8 Å². The number of rotatable bonds is 2. The lowest BCUT2D eigenvalue weighted by Crippen LogP contribution is -2.17. The number of hydrogen-bond donors (Lipinski definition) is 0. The number of hydrogen-bond acceptors (Lipinski definition) is 0. The smallest absolute Gasteiger partial charge is 0.0529 e. The monoisotopic (exact) mass is 158 g/mol. The van der Waals surface area contributed by atoms with E-state index in [1.165, 1.54) is 5.56 Å². The van der Waals surface area contributed by atoms with Gasteiger partial charge in [-0.15, -0.1) is 6.42 Å². The van der Waals surface area contributed by atoms with Crippen LogP contribution in [0.2, 0.25) is 0 Å². The van der Waals surface area contributed by atoms with Gasteiger partial charge in [0.25, 0.3) is 0 Å². The third-order valence-corrected chi connectivity index (χ3v) is 2.44. The zero-order chi connectivity index (χ0) is 9.03. The number of benzene rings is 1. The second-order valence-electron chi connectivity index (χ2n) is 3.20. The van der Waals surface area contributed by atoms with Gasteiger partial charge in [0.1, 0.15) is 0 Å². The molecule has 0 bridgehead atoms. The van der Waals surface area contributed by atoms with E-state index in [9.17, 15) is 0 Å². The summed E-state index contributed by atoms with van der Waals surface area (Å²) < 4.78 is 0. The molecule has 1 atom stereocenters. The van der Waals surface area contributed by atoms with Crippen molar-refractivity contribution < 1.29 is 0 Å². The van der Waals surface area contributed by atoms with E-state index >= 15 is 0 Å². The molecule has 0 aliphatic carbocycles. The minimum atomic E-state index is -0.0960. The molecule has 0 heteroatoms. The van der Waals surface area contributed by atoms with E-state index in [4.69, 9.17) is 6.42 Å². The minimum Gasteiger partial charge on any atom is -0.119 e. The second kappa shape index (κ2) is 3.45. The maximum Gasteiger partial charge on any atom is 0.0529 e. The summed E-state index contributed by atoms with van der Waals surface area (Å²) in [5.41, 5.74) is 1.14. The molecule has 0 nitrogen and oxygen atoms in total. The van der Waals surface area contributed by atoms with Crippen molar-refractivity contribution in [2.45, 2.75) is 25.7 Å². The van der Waals surface area contributed by atoms with Crippen LogP contribution >= 0.6 is 0 Å². The first-order valence-corrected chi connectivity index (χ1v) is 4.26. The molecule has 0 aliphatic heterocycles. The van der Waals surface area contributed by atoms with Gasteiger partial charge in [-0.1, -0.05) is 43.2 Å². The van der Waals surface area contributed by atoms with Crippen molar-refractivity contribution in [2.75, 3.05) is 0 Å². The van der Waals surface area contributed by atoms with Gasteiger partial charge in [0, 0.05) is 0 Å². The first kappa shape index (κ1) is 8.87. The van der Waals surface area contributed by atoms with E-state index in [0.717, 1.165) is 6.42 Å². The van der Waals surface area contributed by atoms with Crippen LogP contribution in [0.3, 0.4) is 0 Å². The van der Waals surface area contributed by atoms with Crippen LogP contribution in [0.15, 0.2) is 30.3 Å². The number of terminal acetylenes is 1. The van der Waals surface area contributed by atoms with E-state index < -0.39 is 0 Å². The summed E-state index contributed by atoms with van der Waals surface area (Å²) in [7, 11) is 0. The Balaban J connectivity index is 3.06. The predicted octanol–water partition coefficient (Wildman–Crippen LogP) is 2.99. The lowest BCUT2D eigenvalue weighted by Gasteiger charge is -2.21. The Hall–Kier alpha value is -1.22. The third kappa shape index (κ3) is 1.51. The molecule has 1 aromatic rings. The highest BCUT2D eigenvalue weighted by atomic mass is 14.2. The van der Waals surface area contributed by atoms with Crippen molar-refractivity contribution in [1.29, 1.82) is 0 Å². The molecule has 0 heterocycles. The van der Waals surface area contributed by atoms with Crippen molar-refractivity contribution in [2.24, 2.45) is 0 Å². The molecule has 1 unspecified atom stereocenters. The molecule has 0 fully saturated rings. The topological polar surface area (TPSA) is 0 Å². The Labute approximate surface area is 74.6 Å². The summed E-state index contributed by atoms with van der Waals surface area (Å²) in [6.07, 6.45) is 6.48. The molecule has 0 N–H and O–H groups in total. The molecule has 62 valence electrons. The van der Waals surface area contributed by atoms with E-state index in [1.807, 2.05) is 18.2 Å². The van der Waals surface area contributed by atoms with Gasteiger partial charge in [-0.25, -0.2) is 0 Å². The highest BCUT2D eigenvalue weighted by Gasteiger charge is 2.20. The van der Waals surface area contributed by atoms with Crippen molar-refractivity contribution in [3.05, 3.63) is 35.9 Å². The second-order valence-corrected chi connectivity index (χ2v) is 3.20. The summed E-state index contributed by atoms with van der Waals surface area (Å²) in [6.45, 7) is 4.22.